The van der Waals surface area contributed by atoms with Gasteiger partial charge in [-0.2, -0.15) is 5.10 Å². The van der Waals surface area contributed by atoms with Gasteiger partial charge in [0.15, 0.2) is 5.65 Å². The predicted octanol–water partition coefficient (Wildman–Crippen LogP) is 1.89. The number of fused-ring (bicyclic) bond motifs is 1. The first-order valence-electron chi connectivity index (χ1n) is 8.80. The molecule has 1 amide bonds. The lowest BCUT2D eigenvalue weighted by molar-refractivity contribution is -0.121. The Kier molecular flexibility index (Phi) is 5.16. The van der Waals surface area contributed by atoms with E-state index in [2.05, 4.69) is 15.4 Å². The van der Waals surface area contributed by atoms with E-state index in [0.29, 0.717) is 29.8 Å². The number of rotatable bonds is 6. The minimum atomic E-state index is -0.196. The highest BCUT2D eigenvalue weighted by atomic mass is 16.1. The molecule has 136 valence electrons. The molecule has 3 rings (SSSR count). The van der Waals surface area contributed by atoms with Crippen LogP contribution in [0.5, 0.6) is 0 Å². The maximum absolute atomic E-state index is 12.7. The number of nitrogens with zero attached hydrogens (tertiary/aromatic N) is 4. The Morgan fingerprint density at radius 3 is 2.65 bits per heavy atom. The maximum atomic E-state index is 12.7. The Morgan fingerprint density at radius 1 is 1.23 bits per heavy atom. The van der Waals surface area contributed by atoms with Gasteiger partial charge in [0.25, 0.3) is 5.56 Å². The molecule has 0 fully saturated rings. The minimum absolute atomic E-state index is 0.0625. The summed E-state index contributed by atoms with van der Waals surface area (Å²) in [5, 5.41) is 7.37. The third-order valence-corrected chi connectivity index (χ3v) is 4.28. The van der Waals surface area contributed by atoms with E-state index < -0.39 is 0 Å². The first-order valence-corrected chi connectivity index (χ1v) is 8.80. The van der Waals surface area contributed by atoms with Gasteiger partial charge in [-0.1, -0.05) is 25.1 Å². The molecule has 0 bridgehead atoms. The topological polar surface area (TPSA) is 81.8 Å². The molecule has 0 atom stereocenters. The summed E-state index contributed by atoms with van der Waals surface area (Å²) in [6.45, 7) is 4.52. The number of benzene rings is 1. The van der Waals surface area contributed by atoms with Crippen LogP contribution < -0.4 is 10.9 Å². The minimum Gasteiger partial charge on any atom is -0.356 e. The van der Waals surface area contributed by atoms with Crippen molar-refractivity contribution in [1.82, 2.24) is 24.6 Å². The number of carbonyl (C=O) groups is 1. The second-order valence-electron chi connectivity index (χ2n) is 6.28. The monoisotopic (exact) mass is 353 g/mol. The van der Waals surface area contributed by atoms with Crippen LogP contribution in [-0.4, -0.2) is 31.8 Å². The highest BCUT2D eigenvalue weighted by Crippen LogP contribution is 2.19. The molecule has 0 spiro atoms. The van der Waals surface area contributed by atoms with Gasteiger partial charge in [-0.15, -0.1) is 0 Å². The molecule has 0 unspecified atom stereocenters. The average Bonchev–Trinajstić information content (AvgIpc) is 2.99. The number of aromatic nitrogens is 4. The maximum Gasteiger partial charge on any atom is 0.273 e. The Labute approximate surface area is 151 Å². The fourth-order valence-electron chi connectivity index (χ4n) is 2.91. The highest BCUT2D eigenvalue weighted by molar-refractivity contribution is 5.77. The molecule has 7 nitrogen and oxygen atoms in total. The molecule has 2 aromatic heterocycles. The van der Waals surface area contributed by atoms with E-state index in [9.17, 15) is 9.59 Å². The summed E-state index contributed by atoms with van der Waals surface area (Å²) >= 11 is 0. The normalized spacial score (nSPS) is 11.0. The lowest BCUT2D eigenvalue weighted by atomic mass is 10.2. The van der Waals surface area contributed by atoms with Crippen molar-refractivity contribution in [2.75, 3.05) is 6.54 Å². The van der Waals surface area contributed by atoms with Crippen LogP contribution in [0.2, 0.25) is 0 Å². The fourth-order valence-corrected chi connectivity index (χ4v) is 2.91. The Hall–Kier alpha value is -2.96. The molecule has 26 heavy (non-hydrogen) atoms. The summed E-state index contributed by atoms with van der Waals surface area (Å²) < 4.78 is 3.30. The molecular weight excluding hydrogens is 330 g/mol. The number of nitrogens with one attached hydrogen (secondary N) is 1. The second-order valence-corrected chi connectivity index (χ2v) is 6.28. The van der Waals surface area contributed by atoms with Crippen LogP contribution in [0.1, 0.15) is 31.2 Å². The van der Waals surface area contributed by atoms with Crippen molar-refractivity contribution in [2.24, 2.45) is 7.05 Å². The zero-order valence-electron chi connectivity index (χ0n) is 15.3. The van der Waals surface area contributed by atoms with Gasteiger partial charge in [0.05, 0.1) is 11.4 Å². The van der Waals surface area contributed by atoms with Gasteiger partial charge in [-0.05, 0) is 25.5 Å². The van der Waals surface area contributed by atoms with Gasteiger partial charge in [0.1, 0.15) is 11.2 Å². The second kappa shape index (κ2) is 7.51. The summed E-state index contributed by atoms with van der Waals surface area (Å²) in [5.74, 6) is -0.0625. The molecule has 0 aliphatic heterocycles. The third-order valence-electron chi connectivity index (χ3n) is 4.28. The quantitative estimate of drug-likeness (QED) is 0.734. The molecule has 0 radical (unpaired) electrons. The standard InChI is InChI=1S/C19H23N5O2/c1-4-12-20-16(25)11-10-15-19(26)23(3)18-17(21-15)13(2)22-24(18)14-8-6-5-7-9-14/h5-9H,4,10-12H2,1-3H3,(H,20,25). The molecule has 0 saturated carbocycles. The lowest BCUT2D eigenvalue weighted by Crippen LogP contribution is -2.28. The Balaban J connectivity index is 2.00. The summed E-state index contributed by atoms with van der Waals surface area (Å²) in [6, 6.07) is 9.64. The van der Waals surface area contributed by atoms with E-state index in [1.807, 2.05) is 44.2 Å². The van der Waals surface area contributed by atoms with Crippen molar-refractivity contribution < 1.29 is 4.79 Å². The lowest BCUT2D eigenvalue weighted by Gasteiger charge is -2.09. The van der Waals surface area contributed by atoms with E-state index in [1.165, 1.54) is 0 Å². The van der Waals surface area contributed by atoms with Crippen LogP contribution >= 0.6 is 0 Å². The third kappa shape index (κ3) is 3.37. The predicted molar refractivity (Wildman–Crippen MR) is 100 cm³/mol. The van der Waals surface area contributed by atoms with Crippen molar-refractivity contribution >= 4 is 17.1 Å². The van der Waals surface area contributed by atoms with Crippen molar-refractivity contribution in [3.8, 4) is 5.69 Å². The van der Waals surface area contributed by atoms with E-state index in [-0.39, 0.29) is 17.9 Å². The number of carbonyl (C=O) groups excluding carboxylic acids is 1. The van der Waals surface area contributed by atoms with Crippen molar-refractivity contribution in [3.05, 3.63) is 52.1 Å². The number of aryl methyl sites for hydroxylation is 3. The molecule has 0 aliphatic rings. The molecule has 7 heteroatoms. The number of hydrogen-bond donors (Lipinski definition) is 1. The van der Waals surface area contributed by atoms with Crippen molar-refractivity contribution in [3.63, 3.8) is 0 Å². The zero-order chi connectivity index (χ0) is 18.7. The van der Waals surface area contributed by atoms with Crippen molar-refractivity contribution in [2.45, 2.75) is 33.1 Å². The molecular formula is C19H23N5O2. The van der Waals surface area contributed by atoms with E-state index in [1.54, 1.807) is 16.3 Å². The summed E-state index contributed by atoms with van der Waals surface area (Å²) in [4.78, 5) is 29.1. The van der Waals surface area contributed by atoms with Crippen LogP contribution in [0.25, 0.3) is 16.9 Å². The first-order chi connectivity index (χ1) is 12.5. The van der Waals surface area contributed by atoms with Gasteiger partial charge in [0.2, 0.25) is 5.91 Å². The smallest absolute Gasteiger partial charge is 0.273 e. The van der Waals surface area contributed by atoms with Gasteiger partial charge in [0, 0.05) is 26.4 Å². The Bertz CT molecular complexity index is 989. The van der Waals surface area contributed by atoms with Gasteiger partial charge in [-0.3, -0.25) is 14.2 Å². The van der Waals surface area contributed by atoms with E-state index in [4.69, 9.17) is 0 Å². The van der Waals surface area contributed by atoms with Gasteiger partial charge < -0.3 is 5.32 Å². The molecule has 0 saturated heterocycles. The fraction of sp³-hybridized carbons (Fsp3) is 0.368. The van der Waals surface area contributed by atoms with Crippen LogP contribution in [-0.2, 0) is 18.3 Å². The first kappa shape index (κ1) is 17.8. The highest BCUT2D eigenvalue weighted by Gasteiger charge is 2.17. The SMILES string of the molecule is CCCNC(=O)CCc1nc2c(C)nn(-c3ccccc3)c2n(C)c1=O. The summed E-state index contributed by atoms with van der Waals surface area (Å²) in [7, 11) is 1.72. The zero-order valence-corrected chi connectivity index (χ0v) is 15.3. The number of para-hydroxylation sites is 1. The number of hydrogen-bond acceptors (Lipinski definition) is 4. The summed E-state index contributed by atoms with van der Waals surface area (Å²) in [5.41, 5.74) is 3.14. The van der Waals surface area contributed by atoms with Crippen LogP contribution in [0.4, 0.5) is 0 Å². The largest absolute Gasteiger partial charge is 0.356 e. The number of amides is 1. The van der Waals surface area contributed by atoms with Crippen LogP contribution in [0.15, 0.2) is 35.1 Å². The summed E-state index contributed by atoms with van der Waals surface area (Å²) in [6.07, 6.45) is 1.45. The molecule has 1 N–H and O–H groups in total. The Morgan fingerprint density at radius 2 is 1.96 bits per heavy atom. The van der Waals surface area contributed by atoms with E-state index >= 15 is 0 Å². The molecule has 1 aromatic carbocycles. The van der Waals surface area contributed by atoms with Crippen LogP contribution in [0.3, 0.4) is 0 Å². The van der Waals surface area contributed by atoms with Crippen molar-refractivity contribution in [1.29, 1.82) is 0 Å². The molecule has 3 aromatic rings. The molecule has 2 heterocycles. The average molecular weight is 353 g/mol. The van der Waals surface area contributed by atoms with E-state index in [0.717, 1.165) is 17.8 Å². The van der Waals surface area contributed by atoms with Crippen LogP contribution in [0, 0.1) is 6.92 Å². The van der Waals surface area contributed by atoms with Gasteiger partial charge >= 0.3 is 0 Å². The van der Waals surface area contributed by atoms with Gasteiger partial charge in [-0.25, -0.2) is 9.67 Å². The molecule has 0 aliphatic carbocycles.